The standard InChI is InChI=1S/C21H17NO4S/c1-2-18-19(9-6-10-20(18)21(23)24)15-11-13-17(14-12-15)27(25,26)22-16-7-4-3-5-8-16/h2-14,22H,1H2,(H,23,24). The molecular weight excluding hydrogens is 362 g/mol. The monoisotopic (exact) mass is 379 g/mol. The second kappa shape index (κ2) is 7.47. The quantitative estimate of drug-likeness (QED) is 0.661. The number of rotatable bonds is 6. The van der Waals surface area contributed by atoms with E-state index in [-0.39, 0.29) is 10.5 Å². The van der Waals surface area contributed by atoms with Crippen LogP contribution in [0.1, 0.15) is 15.9 Å². The summed E-state index contributed by atoms with van der Waals surface area (Å²) in [5.41, 5.74) is 2.48. The number of carboxylic acids is 1. The van der Waals surface area contributed by atoms with Gasteiger partial charge in [-0.1, -0.05) is 55.1 Å². The Hall–Kier alpha value is -3.38. The molecule has 0 aliphatic carbocycles. The smallest absolute Gasteiger partial charge is 0.336 e. The second-order valence-corrected chi connectivity index (χ2v) is 7.45. The molecule has 0 unspecified atom stereocenters. The Labute approximate surface area is 157 Å². The molecule has 0 bridgehead atoms. The summed E-state index contributed by atoms with van der Waals surface area (Å²) in [6.07, 6.45) is 1.49. The summed E-state index contributed by atoms with van der Waals surface area (Å²) < 4.78 is 27.5. The molecule has 136 valence electrons. The minimum atomic E-state index is -3.71. The Bertz CT molecular complexity index is 1090. The highest BCUT2D eigenvalue weighted by atomic mass is 32.2. The molecule has 5 nitrogen and oxygen atoms in total. The number of para-hydroxylation sites is 1. The number of anilines is 1. The van der Waals surface area contributed by atoms with Crippen molar-refractivity contribution in [1.29, 1.82) is 0 Å². The normalized spacial score (nSPS) is 11.0. The van der Waals surface area contributed by atoms with Gasteiger partial charge in [0, 0.05) is 5.69 Å². The highest BCUT2D eigenvalue weighted by Gasteiger charge is 2.16. The van der Waals surface area contributed by atoms with Gasteiger partial charge in [-0.3, -0.25) is 4.72 Å². The molecule has 3 aromatic carbocycles. The Morgan fingerprint density at radius 2 is 1.59 bits per heavy atom. The molecule has 0 atom stereocenters. The molecule has 0 heterocycles. The summed E-state index contributed by atoms with van der Waals surface area (Å²) in [6, 6.07) is 19.8. The number of benzene rings is 3. The summed E-state index contributed by atoms with van der Waals surface area (Å²) in [7, 11) is -3.71. The molecule has 0 amide bonds. The number of sulfonamides is 1. The van der Waals surface area contributed by atoms with Crippen LogP contribution in [-0.2, 0) is 10.0 Å². The molecule has 0 saturated heterocycles. The SMILES string of the molecule is C=Cc1c(C(=O)O)cccc1-c1ccc(S(=O)(=O)Nc2ccccc2)cc1. The van der Waals surface area contributed by atoms with Gasteiger partial charge >= 0.3 is 5.97 Å². The minimum absolute atomic E-state index is 0.115. The van der Waals surface area contributed by atoms with Gasteiger partial charge in [-0.25, -0.2) is 13.2 Å². The Balaban J connectivity index is 1.96. The van der Waals surface area contributed by atoms with E-state index < -0.39 is 16.0 Å². The largest absolute Gasteiger partial charge is 0.478 e. The fraction of sp³-hybridized carbons (Fsp3) is 0. The fourth-order valence-electron chi connectivity index (χ4n) is 2.76. The van der Waals surface area contributed by atoms with Crippen LogP contribution in [0.15, 0.2) is 84.3 Å². The maximum atomic E-state index is 12.5. The zero-order chi connectivity index (χ0) is 19.4. The maximum Gasteiger partial charge on any atom is 0.336 e. The molecule has 0 aliphatic rings. The number of hydrogen-bond acceptors (Lipinski definition) is 3. The lowest BCUT2D eigenvalue weighted by atomic mass is 9.95. The third-order valence-electron chi connectivity index (χ3n) is 4.04. The van der Waals surface area contributed by atoms with Crippen LogP contribution in [0.25, 0.3) is 17.2 Å². The molecule has 3 rings (SSSR count). The average molecular weight is 379 g/mol. The van der Waals surface area contributed by atoms with Crippen LogP contribution in [0.3, 0.4) is 0 Å². The van der Waals surface area contributed by atoms with Gasteiger partial charge in [0.1, 0.15) is 0 Å². The van der Waals surface area contributed by atoms with E-state index in [0.29, 0.717) is 22.4 Å². The van der Waals surface area contributed by atoms with Gasteiger partial charge in [0.15, 0.2) is 0 Å². The van der Waals surface area contributed by atoms with Gasteiger partial charge in [0.25, 0.3) is 10.0 Å². The van der Waals surface area contributed by atoms with Crippen molar-refractivity contribution in [2.45, 2.75) is 4.90 Å². The number of carboxylic acid groups (broad SMARTS) is 1. The molecule has 27 heavy (non-hydrogen) atoms. The molecule has 3 aromatic rings. The van der Waals surface area contributed by atoms with Crippen molar-refractivity contribution in [3.05, 3.63) is 90.5 Å². The van der Waals surface area contributed by atoms with Crippen LogP contribution in [0, 0.1) is 0 Å². The van der Waals surface area contributed by atoms with Crippen molar-refractivity contribution in [2.75, 3.05) is 4.72 Å². The van der Waals surface area contributed by atoms with Gasteiger partial charge < -0.3 is 5.11 Å². The first kappa shape index (κ1) is 18.4. The number of aromatic carboxylic acids is 1. The molecule has 0 radical (unpaired) electrons. The van der Waals surface area contributed by atoms with Gasteiger partial charge in [0.05, 0.1) is 10.5 Å². The van der Waals surface area contributed by atoms with E-state index in [1.165, 1.54) is 24.3 Å². The first-order chi connectivity index (χ1) is 12.9. The number of nitrogens with one attached hydrogen (secondary N) is 1. The van der Waals surface area contributed by atoms with E-state index in [2.05, 4.69) is 11.3 Å². The van der Waals surface area contributed by atoms with Crippen molar-refractivity contribution >= 4 is 27.8 Å². The summed E-state index contributed by atoms with van der Waals surface area (Å²) in [5.74, 6) is -1.04. The van der Waals surface area contributed by atoms with E-state index >= 15 is 0 Å². The van der Waals surface area contributed by atoms with Crippen LogP contribution >= 0.6 is 0 Å². The van der Waals surface area contributed by atoms with Crippen LogP contribution < -0.4 is 4.72 Å². The highest BCUT2D eigenvalue weighted by Crippen LogP contribution is 2.28. The van der Waals surface area contributed by atoms with Gasteiger partial charge in [-0.2, -0.15) is 0 Å². The number of hydrogen-bond donors (Lipinski definition) is 2. The molecule has 2 N–H and O–H groups in total. The molecular formula is C21H17NO4S. The third-order valence-corrected chi connectivity index (χ3v) is 5.44. The maximum absolute atomic E-state index is 12.5. The summed E-state index contributed by atoms with van der Waals surface area (Å²) in [5, 5.41) is 9.32. The van der Waals surface area contributed by atoms with E-state index in [1.807, 2.05) is 0 Å². The predicted octanol–water partition coefficient (Wildman–Crippen LogP) is 4.50. The zero-order valence-corrected chi connectivity index (χ0v) is 15.1. The molecule has 6 heteroatoms. The van der Waals surface area contributed by atoms with E-state index in [0.717, 1.165) is 0 Å². The fourth-order valence-corrected chi connectivity index (χ4v) is 3.82. The van der Waals surface area contributed by atoms with Gasteiger partial charge in [-0.15, -0.1) is 0 Å². The minimum Gasteiger partial charge on any atom is -0.478 e. The van der Waals surface area contributed by atoms with E-state index in [1.54, 1.807) is 54.6 Å². The Morgan fingerprint density at radius 3 is 2.19 bits per heavy atom. The highest BCUT2D eigenvalue weighted by molar-refractivity contribution is 7.92. The zero-order valence-electron chi connectivity index (χ0n) is 14.3. The van der Waals surface area contributed by atoms with Crippen molar-refractivity contribution in [2.24, 2.45) is 0 Å². The molecule has 0 aliphatic heterocycles. The second-order valence-electron chi connectivity index (χ2n) is 5.77. The van der Waals surface area contributed by atoms with Gasteiger partial charge in [0.2, 0.25) is 0 Å². The average Bonchev–Trinajstić information content (AvgIpc) is 2.67. The molecule has 0 spiro atoms. The van der Waals surface area contributed by atoms with Crippen molar-refractivity contribution in [1.82, 2.24) is 0 Å². The lowest BCUT2D eigenvalue weighted by molar-refractivity contribution is 0.0696. The van der Waals surface area contributed by atoms with E-state index in [4.69, 9.17) is 0 Å². The topological polar surface area (TPSA) is 83.5 Å². The third kappa shape index (κ3) is 3.91. The Morgan fingerprint density at radius 1 is 0.926 bits per heavy atom. The molecule has 0 fully saturated rings. The molecule has 0 saturated carbocycles. The summed E-state index contributed by atoms with van der Waals surface area (Å²) in [6.45, 7) is 3.69. The first-order valence-electron chi connectivity index (χ1n) is 8.09. The lowest BCUT2D eigenvalue weighted by Gasteiger charge is -2.11. The summed E-state index contributed by atoms with van der Waals surface area (Å²) >= 11 is 0. The van der Waals surface area contributed by atoms with Crippen molar-refractivity contribution in [3.63, 3.8) is 0 Å². The van der Waals surface area contributed by atoms with Gasteiger partial charge in [-0.05, 0) is 47.0 Å². The first-order valence-corrected chi connectivity index (χ1v) is 9.58. The predicted molar refractivity (Wildman–Crippen MR) is 106 cm³/mol. The van der Waals surface area contributed by atoms with Crippen LogP contribution in [0.4, 0.5) is 5.69 Å². The van der Waals surface area contributed by atoms with Crippen LogP contribution in [0.5, 0.6) is 0 Å². The van der Waals surface area contributed by atoms with Crippen molar-refractivity contribution in [3.8, 4) is 11.1 Å². The lowest BCUT2D eigenvalue weighted by Crippen LogP contribution is -2.12. The van der Waals surface area contributed by atoms with Crippen LogP contribution in [-0.4, -0.2) is 19.5 Å². The van der Waals surface area contributed by atoms with Crippen molar-refractivity contribution < 1.29 is 18.3 Å². The van der Waals surface area contributed by atoms with Crippen LogP contribution in [0.2, 0.25) is 0 Å². The summed E-state index contributed by atoms with van der Waals surface area (Å²) in [4.78, 5) is 11.5. The molecule has 0 aromatic heterocycles. The number of carbonyl (C=O) groups is 1. The Kier molecular flexibility index (Phi) is 5.09. The van der Waals surface area contributed by atoms with E-state index in [9.17, 15) is 18.3 Å².